The Morgan fingerprint density at radius 1 is 1.09 bits per heavy atom. The van der Waals surface area contributed by atoms with Crippen molar-refractivity contribution in [3.63, 3.8) is 0 Å². The molecule has 0 aliphatic carbocycles. The van der Waals surface area contributed by atoms with Crippen molar-refractivity contribution in [1.29, 1.82) is 0 Å². The van der Waals surface area contributed by atoms with E-state index in [1.54, 1.807) is 30.5 Å². The van der Waals surface area contributed by atoms with Crippen LogP contribution >= 0.6 is 0 Å². The Balaban J connectivity index is 1.61. The highest BCUT2D eigenvalue weighted by Crippen LogP contribution is 2.42. The highest BCUT2D eigenvalue weighted by atomic mass is 19.2. The van der Waals surface area contributed by atoms with Crippen molar-refractivity contribution in [3.05, 3.63) is 93.9 Å². The summed E-state index contributed by atoms with van der Waals surface area (Å²) in [6.07, 6.45) is 2.79. The Hall–Kier alpha value is -4.47. The zero-order valence-electron chi connectivity index (χ0n) is 18.3. The average molecular weight is 478 g/mol. The number of pyridine rings is 2. The molecule has 0 bridgehead atoms. The normalized spacial score (nSPS) is 14.4. The van der Waals surface area contributed by atoms with Crippen LogP contribution in [-0.4, -0.2) is 40.3 Å². The molecule has 4 aromatic rings. The summed E-state index contributed by atoms with van der Waals surface area (Å²) in [6, 6.07) is 13.9. The second-order valence-electron chi connectivity index (χ2n) is 7.95. The minimum atomic E-state index is -1.52. The number of anilines is 2. The molecular formula is C25H20F2N4O4. The van der Waals surface area contributed by atoms with Crippen LogP contribution in [0.4, 0.5) is 20.3 Å². The fourth-order valence-electron chi connectivity index (χ4n) is 4.22. The number of ether oxygens (including phenoxy) is 1. The van der Waals surface area contributed by atoms with Gasteiger partial charge in [-0.1, -0.05) is 36.4 Å². The van der Waals surface area contributed by atoms with E-state index in [9.17, 15) is 14.7 Å². The summed E-state index contributed by atoms with van der Waals surface area (Å²) >= 11 is 0. The van der Waals surface area contributed by atoms with E-state index in [-0.39, 0.29) is 30.1 Å². The van der Waals surface area contributed by atoms with Gasteiger partial charge >= 0.3 is 5.97 Å². The summed E-state index contributed by atoms with van der Waals surface area (Å²) in [7, 11) is 0. The molecule has 0 fully saturated rings. The zero-order chi connectivity index (χ0) is 24.5. The molecule has 10 heteroatoms. The van der Waals surface area contributed by atoms with Gasteiger partial charge in [0.25, 0.3) is 0 Å². The lowest BCUT2D eigenvalue weighted by molar-refractivity contribution is 0.0694. The Labute approximate surface area is 197 Å². The lowest BCUT2D eigenvalue weighted by Crippen LogP contribution is -2.30. The standard InChI is InChI=1S/C25H20F2N4O4/c26-19-18-22-24(21(20(19)27)30-11-10-29-17-8-4-5-9-28-17)35-13-16(14-6-2-1-3-7-14)31(22)12-15(23(18)32)25(33)34/h1-9,12,16,30H,10-11,13H2,(H,28,29)(H,33,34)/t16-/m1/s1. The molecule has 1 aliphatic heterocycles. The predicted octanol–water partition coefficient (Wildman–Crippen LogP) is 3.88. The maximum absolute atomic E-state index is 15.3. The quantitative estimate of drug-likeness (QED) is 0.346. The molecule has 0 saturated carbocycles. The van der Waals surface area contributed by atoms with Gasteiger partial charge in [0.2, 0.25) is 5.43 Å². The number of rotatable bonds is 7. The Bertz CT molecular complexity index is 1480. The number of halogens is 2. The Morgan fingerprint density at radius 3 is 2.54 bits per heavy atom. The number of hydrogen-bond acceptors (Lipinski definition) is 6. The third-order valence-electron chi connectivity index (χ3n) is 5.84. The maximum Gasteiger partial charge on any atom is 0.341 e. The molecule has 3 N–H and O–H groups in total. The van der Waals surface area contributed by atoms with Crippen molar-refractivity contribution in [1.82, 2.24) is 9.55 Å². The van der Waals surface area contributed by atoms with Crippen LogP contribution in [0.2, 0.25) is 0 Å². The molecule has 1 atom stereocenters. The zero-order valence-corrected chi connectivity index (χ0v) is 18.3. The number of benzene rings is 2. The molecule has 1 aliphatic rings. The van der Waals surface area contributed by atoms with E-state index in [0.717, 1.165) is 5.56 Å². The van der Waals surface area contributed by atoms with E-state index in [1.165, 1.54) is 10.8 Å². The monoisotopic (exact) mass is 478 g/mol. The topological polar surface area (TPSA) is 105 Å². The number of nitrogens with zero attached hydrogens (tertiary/aromatic N) is 2. The maximum atomic E-state index is 15.3. The highest BCUT2D eigenvalue weighted by Gasteiger charge is 2.33. The number of carboxylic acid groups (broad SMARTS) is 1. The van der Waals surface area contributed by atoms with E-state index in [2.05, 4.69) is 15.6 Å². The van der Waals surface area contributed by atoms with Gasteiger partial charge in [-0.05, 0) is 17.7 Å². The summed E-state index contributed by atoms with van der Waals surface area (Å²) in [6.45, 7) is 0.557. The minimum Gasteiger partial charge on any atom is -0.487 e. The van der Waals surface area contributed by atoms with Gasteiger partial charge in [-0.3, -0.25) is 4.79 Å². The molecule has 5 rings (SSSR count). The molecule has 2 aromatic carbocycles. The van der Waals surface area contributed by atoms with Crippen LogP contribution in [0.5, 0.6) is 5.75 Å². The fraction of sp³-hybridized carbons (Fsp3) is 0.160. The van der Waals surface area contributed by atoms with Crippen LogP contribution < -0.4 is 20.8 Å². The summed E-state index contributed by atoms with van der Waals surface area (Å²) in [5.74, 6) is -3.68. The first-order valence-corrected chi connectivity index (χ1v) is 10.9. The van der Waals surface area contributed by atoms with Crippen LogP contribution in [0.15, 0.2) is 65.7 Å². The predicted molar refractivity (Wildman–Crippen MR) is 126 cm³/mol. The van der Waals surface area contributed by atoms with Crippen molar-refractivity contribution in [2.75, 3.05) is 30.3 Å². The van der Waals surface area contributed by atoms with E-state index < -0.39 is 40.0 Å². The van der Waals surface area contributed by atoms with E-state index in [4.69, 9.17) is 4.74 Å². The van der Waals surface area contributed by atoms with Crippen LogP contribution in [0.25, 0.3) is 10.9 Å². The third-order valence-corrected chi connectivity index (χ3v) is 5.84. The SMILES string of the molecule is O=C(O)c1cn2c3c(c(NCCNc4ccccn4)c(F)c(F)c3c1=O)OC[C@@H]2c1ccccc1. The van der Waals surface area contributed by atoms with Crippen molar-refractivity contribution in [2.45, 2.75) is 6.04 Å². The first-order valence-electron chi connectivity index (χ1n) is 10.9. The van der Waals surface area contributed by atoms with E-state index in [1.807, 2.05) is 24.3 Å². The van der Waals surface area contributed by atoms with Gasteiger partial charge < -0.3 is 25.0 Å². The lowest BCUT2D eigenvalue weighted by atomic mass is 10.0. The Morgan fingerprint density at radius 2 is 1.83 bits per heavy atom. The number of nitrogens with one attached hydrogen (secondary N) is 2. The molecule has 0 spiro atoms. The van der Waals surface area contributed by atoms with Crippen LogP contribution in [0.1, 0.15) is 22.0 Å². The number of carbonyl (C=O) groups is 1. The molecule has 0 saturated heterocycles. The molecular weight excluding hydrogens is 458 g/mol. The van der Waals surface area contributed by atoms with Crippen molar-refractivity contribution >= 4 is 28.4 Å². The average Bonchev–Trinajstić information content (AvgIpc) is 2.88. The van der Waals surface area contributed by atoms with Crippen LogP contribution in [0.3, 0.4) is 0 Å². The molecule has 0 unspecified atom stereocenters. The lowest BCUT2D eigenvalue weighted by Gasteiger charge is -2.31. The molecule has 0 radical (unpaired) electrons. The van der Waals surface area contributed by atoms with Crippen molar-refractivity contribution in [3.8, 4) is 5.75 Å². The van der Waals surface area contributed by atoms with Gasteiger partial charge in [0.05, 0.1) is 11.4 Å². The minimum absolute atomic E-state index is 0.000752. The summed E-state index contributed by atoms with van der Waals surface area (Å²) in [4.78, 5) is 28.8. The first kappa shape index (κ1) is 22.3. The molecule has 178 valence electrons. The van der Waals surface area contributed by atoms with E-state index in [0.29, 0.717) is 12.4 Å². The first-order chi connectivity index (χ1) is 17.0. The van der Waals surface area contributed by atoms with Gasteiger partial charge in [0.15, 0.2) is 17.4 Å². The van der Waals surface area contributed by atoms with Crippen LogP contribution in [0, 0.1) is 11.6 Å². The molecule has 2 aromatic heterocycles. The number of hydrogen-bond donors (Lipinski definition) is 3. The number of aromatic carboxylic acids is 1. The molecule has 8 nitrogen and oxygen atoms in total. The van der Waals surface area contributed by atoms with Gasteiger partial charge in [-0.15, -0.1) is 0 Å². The van der Waals surface area contributed by atoms with Crippen molar-refractivity contribution in [2.24, 2.45) is 0 Å². The fourth-order valence-corrected chi connectivity index (χ4v) is 4.22. The summed E-state index contributed by atoms with van der Waals surface area (Å²) in [5, 5.41) is 14.8. The van der Waals surface area contributed by atoms with Gasteiger partial charge in [-0.2, -0.15) is 0 Å². The Kier molecular flexibility index (Phi) is 5.77. The largest absolute Gasteiger partial charge is 0.487 e. The second kappa shape index (κ2) is 9.05. The number of carboxylic acids is 1. The summed E-state index contributed by atoms with van der Waals surface area (Å²) in [5.41, 5.74) is -1.23. The summed E-state index contributed by atoms with van der Waals surface area (Å²) < 4.78 is 37.8. The molecule has 3 heterocycles. The third kappa shape index (κ3) is 3.92. The van der Waals surface area contributed by atoms with Crippen molar-refractivity contribution < 1.29 is 23.4 Å². The number of aromatic nitrogens is 2. The highest BCUT2D eigenvalue weighted by molar-refractivity contribution is 5.97. The van der Waals surface area contributed by atoms with E-state index >= 15 is 8.78 Å². The van der Waals surface area contributed by atoms with Gasteiger partial charge in [-0.25, -0.2) is 18.6 Å². The second-order valence-corrected chi connectivity index (χ2v) is 7.95. The molecule has 35 heavy (non-hydrogen) atoms. The van der Waals surface area contributed by atoms with Gasteiger partial charge in [0, 0.05) is 25.5 Å². The van der Waals surface area contributed by atoms with Gasteiger partial charge in [0.1, 0.15) is 29.2 Å². The molecule has 0 amide bonds. The van der Waals surface area contributed by atoms with Crippen LogP contribution in [-0.2, 0) is 0 Å². The smallest absolute Gasteiger partial charge is 0.341 e.